The van der Waals surface area contributed by atoms with Gasteiger partial charge in [0.05, 0.1) is 6.61 Å². The van der Waals surface area contributed by atoms with Gasteiger partial charge in [-0.3, -0.25) is 4.79 Å². The van der Waals surface area contributed by atoms with Crippen molar-refractivity contribution in [3.05, 3.63) is 0 Å². The second kappa shape index (κ2) is 7.87. The molecule has 0 aromatic heterocycles. The van der Waals surface area contributed by atoms with Gasteiger partial charge >= 0.3 is 0 Å². The Labute approximate surface area is 104 Å². The summed E-state index contributed by atoms with van der Waals surface area (Å²) in [6.45, 7) is 7.23. The van der Waals surface area contributed by atoms with Crippen molar-refractivity contribution in [1.82, 2.24) is 10.2 Å². The van der Waals surface area contributed by atoms with Crippen molar-refractivity contribution in [1.29, 1.82) is 0 Å². The Kier molecular flexibility index (Phi) is 7.72. The number of ether oxygens (including phenoxy) is 1. The molecule has 1 aliphatic heterocycles. The first kappa shape index (κ1) is 15.7. The summed E-state index contributed by atoms with van der Waals surface area (Å²) in [5.74, 6) is 0.651. The summed E-state index contributed by atoms with van der Waals surface area (Å²) in [4.78, 5) is 13.7. The number of likely N-dealkylation sites (N-methyl/N-ethyl adjacent to an activating group) is 1. The van der Waals surface area contributed by atoms with Crippen LogP contribution < -0.4 is 5.32 Å². The molecular weight excluding hydrogens is 228 g/mol. The van der Waals surface area contributed by atoms with Gasteiger partial charge in [-0.1, -0.05) is 20.3 Å². The largest absolute Gasteiger partial charge is 0.366 e. The van der Waals surface area contributed by atoms with Crippen LogP contribution in [-0.4, -0.2) is 50.2 Å². The average molecular weight is 251 g/mol. The molecule has 2 unspecified atom stereocenters. The van der Waals surface area contributed by atoms with Gasteiger partial charge in [-0.15, -0.1) is 12.4 Å². The second-order valence-corrected chi connectivity index (χ2v) is 4.30. The maximum atomic E-state index is 11.9. The molecule has 0 saturated carbocycles. The highest BCUT2D eigenvalue weighted by molar-refractivity contribution is 5.85. The molecule has 1 rings (SSSR count). The molecule has 0 bridgehead atoms. The summed E-state index contributed by atoms with van der Waals surface area (Å²) in [6.07, 6.45) is 0.814. The lowest BCUT2D eigenvalue weighted by Gasteiger charge is -2.28. The maximum Gasteiger partial charge on any atom is 0.252 e. The number of morpholine rings is 1. The van der Waals surface area contributed by atoms with Gasteiger partial charge in [0, 0.05) is 26.7 Å². The fourth-order valence-electron chi connectivity index (χ4n) is 1.66. The van der Waals surface area contributed by atoms with Crippen molar-refractivity contribution >= 4 is 18.3 Å². The third-order valence-electron chi connectivity index (χ3n) is 2.86. The molecule has 1 saturated heterocycles. The minimum absolute atomic E-state index is 0. The molecule has 0 spiro atoms. The van der Waals surface area contributed by atoms with Crippen LogP contribution in [0.2, 0.25) is 0 Å². The highest BCUT2D eigenvalue weighted by Crippen LogP contribution is 2.06. The lowest BCUT2D eigenvalue weighted by Crippen LogP contribution is -2.49. The van der Waals surface area contributed by atoms with Crippen LogP contribution in [0.3, 0.4) is 0 Å². The zero-order chi connectivity index (χ0) is 11.3. The first-order valence-electron chi connectivity index (χ1n) is 5.72. The van der Waals surface area contributed by atoms with E-state index in [4.69, 9.17) is 4.74 Å². The number of amides is 1. The lowest BCUT2D eigenvalue weighted by molar-refractivity contribution is -0.144. The third kappa shape index (κ3) is 4.68. The first-order valence-corrected chi connectivity index (χ1v) is 5.72. The topological polar surface area (TPSA) is 41.6 Å². The standard InChI is InChI=1S/C11H22N2O2.ClH/c1-4-9(2)8-13(3)11(14)10-7-12-5-6-15-10;/h9-10,12H,4-8H2,1-3H3;1H. The molecule has 0 aromatic carbocycles. The van der Waals surface area contributed by atoms with Crippen LogP contribution in [0, 0.1) is 5.92 Å². The minimum Gasteiger partial charge on any atom is -0.366 e. The highest BCUT2D eigenvalue weighted by Gasteiger charge is 2.25. The maximum absolute atomic E-state index is 11.9. The van der Waals surface area contributed by atoms with E-state index in [2.05, 4.69) is 19.2 Å². The van der Waals surface area contributed by atoms with E-state index in [0.29, 0.717) is 19.1 Å². The smallest absolute Gasteiger partial charge is 0.252 e. The summed E-state index contributed by atoms with van der Waals surface area (Å²) < 4.78 is 5.42. The molecule has 0 aliphatic carbocycles. The van der Waals surface area contributed by atoms with Crippen molar-refractivity contribution in [2.75, 3.05) is 33.3 Å². The highest BCUT2D eigenvalue weighted by atomic mass is 35.5. The van der Waals surface area contributed by atoms with Gasteiger partial charge in [-0.05, 0) is 5.92 Å². The van der Waals surface area contributed by atoms with Crippen LogP contribution in [-0.2, 0) is 9.53 Å². The van der Waals surface area contributed by atoms with Gasteiger partial charge in [0.15, 0.2) is 0 Å². The van der Waals surface area contributed by atoms with Crippen LogP contribution in [0.25, 0.3) is 0 Å². The number of hydrogen-bond donors (Lipinski definition) is 1. The van der Waals surface area contributed by atoms with Crippen molar-refractivity contribution in [2.45, 2.75) is 26.4 Å². The Morgan fingerprint density at radius 3 is 2.81 bits per heavy atom. The molecule has 0 radical (unpaired) electrons. The number of carbonyl (C=O) groups is 1. The first-order chi connectivity index (χ1) is 7.15. The zero-order valence-electron chi connectivity index (χ0n) is 10.4. The number of hydrogen-bond acceptors (Lipinski definition) is 3. The fourth-order valence-corrected chi connectivity index (χ4v) is 1.66. The summed E-state index contributed by atoms with van der Waals surface area (Å²) in [6, 6.07) is 0. The van der Waals surface area contributed by atoms with Crippen LogP contribution in [0.1, 0.15) is 20.3 Å². The number of halogens is 1. The van der Waals surface area contributed by atoms with E-state index >= 15 is 0 Å². The molecule has 2 atom stereocenters. The minimum atomic E-state index is -0.284. The van der Waals surface area contributed by atoms with Gasteiger partial charge in [0.1, 0.15) is 6.10 Å². The molecule has 1 fully saturated rings. The normalized spacial score (nSPS) is 22.1. The van der Waals surface area contributed by atoms with Crippen molar-refractivity contribution < 1.29 is 9.53 Å². The molecule has 1 aliphatic rings. The van der Waals surface area contributed by atoms with Crippen LogP contribution in [0.5, 0.6) is 0 Å². The predicted molar refractivity (Wildman–Crippen MR) is 66.9 cm³/mol. The zero-order valence-corrected chi connectivity index (χ0v) is 11.2. The van der Waals surface area contributed by atoms with E-state index < -0.39 is 0 Å². The molecule has 1 N–H and O–H groups in total. The van der Waals surface area contributed by atoms with E-state index in [9.17, 15) is 4.79 Å². The SMILES string of the molecule is CCC(C)CN(C)C(=O)C1CNCCO1.Cl. The molecule has 4 nitrogen and oxygen atoms in total. The van der Waals surface area contributed by atoms with E-state index in [1.165, 1.54) is 0 Å². The summed E-state index contributed by atoms with van der Waals surface area (Å²) in [5.41, 5.74) is 0. The van der Waals surface area contributed by atoms with Gasteiger partial charge < -0.3 is 15.0 Å². The van der Waals surface area contributed by atoms with E-state index in [-0.39, 0.29) is 24.4 Å². The Balaban J connectivity index is 0.00000225. The molecule has 16 heavy (non-hydrogen) atoms. The van der Waals surface area contributed by atoms with Crippen molar-refractivity contribution in [3.63, 3.8) is 0 Å². The number of rotatable bonds is 4. The van der Waals surface area contributed by atoms with E-state index in [0.717, 1.165) is 19.5 Å². The molecular formula is C11H23ClN2O2. The average Bonchev–Trinajstić information content (AvgIpc) is 2.29. The Bertz CT molecular complexity index is 208. The monoisotopic (exact) mass is 250 g/mol. The van der Waals surface area contributed by atoms with Crippen LogP contribution in [0.15, 0.2) is 0 Å². The third-order valence-corrected chi connectivity index (χ3v) is 2.86. The van der Waals surface area contributed by atoms with Gasteiger partial charge in [-0.2, -0.15) is 0 Å². The number of nitrogens with one attached hydrogen (secondary N) is 1. The number of carbonyl (C=O) groups excluding carboxylic acids is 1. The molecule has 1 amide bonds. The van der Waals surface area contributed by atoms with Crippen LogP contribution in [0.4, 0.5) is 0 Å². The molecule has 0 aromatic rings. The summed E-state index contributed by atoms with van der Waals surface area (Å²) in [5, 5.41) is 3.17. The quantitative estimate of drug-likeness (QED) is 0.806. The summed E-state index contributed by atoms with van der Waals surface area (Å²) >= 11 is 0. The Hall–Kier alpha value is -0.320. The van der Waals surface area contributed by atoms with E-state index in [1.807, 2.05) is 7.05 Å². The fraction of sp³-hybridized carbons (Fsp3) is 0.909. The summed E-state index contributed by atoms with van der Waals surface area (Å²) in [7, 11) is 1.85. The van der Waals surface area contributed by atoms with Gasteiger partial charge in [0.2, 0.25) is 0 Å². The van der Waals surface area contributed by atoms with Crippen LogP contribution >= 0.6 is 12.4 Å². The lowest BCUT2D eigenvalue weighted by atomic mass is 10.1. The molecule has 5 heteroatoms. The Morgan fingerprint density at radius 2 is 2.31 bits per heavy atom. The van der Waals surface area contributed by atoms with Gasteiger partial charge in [-0.25, -0.2) is 0 Å². The number of nitrogens with zero attached hydrogens (tertiary/aromatic N) is 1. The van der Waals surface area contributed by atoms with Crippen molar-refractivity contribution in [2.24, 2.45) is 5.92 Å². The van der Waals surface area contributed by atoms with Gasteiger partial charge in [0.25, 0.3) is 5.91 Å². The molecule has 1 heterocycles. The molecule has 96 valence electrons. The predicted octanol–water partition coefficient (Wildman–Crippen LogP) is 0.901. The second-order valence-electron chi connectivity index (χ2n) is 4.30. The van der Waals surface area contributed by atoms with Crippen molar-refractivity contribution in [3.8, 4) is 0 Å². The Morgan fingerprint density at radius 1 is 1.62 bits per heavy atom. The van der Waals surface area contributed by atoms with E-state index in [1.54, 1.807) is 4.90 Å².